The first-order valence-corrected chi connectivity index (χ1v) is 12.3. The average molecular weight is 465 g/mol. The quantitative estimate of drug-likeness (QED) is 0.318. The van der Waals surface area contributed by atoms with E-state index in [9.17, 15) is 4.79 Å². The van der Waals surface area contributed by atoms with Gasteiger partial charge in [0.25, 0.3) is 0 Å². The summed E-state index contributed by atoms with van der Waals surface area (Å²) in [5.74, 6) is 0.506. The topological polar surface area (TPSA) is 42.0 Å². The van der Waals surface area contributed by atoms with E-state index >= 15 is 0 Å². The fourth-order valence-electron chi connectivity index (χ4n) is 3.97. The molecule has 1 amide bonds. The van der Waals surface area contributed by atoms with E-state index in [-0.39, 0.29) is 5.91 Å². The second-order valence-electron chi connectivity index (χ2n) is 7.89. The van der Waals surface area contributed by atoms with Crippen LogP contribution in [0.25, 0.3) is 26.9 Å². The van der Waals surface area contributed by atoms with E-state index in [1.165, 1.54) is 16.9 Å². The largest absolute Gasteiger partial charge is 0.313 e. The number of nitrogens with one attached hydrogen (secondary N) is 1. The second-order valence-corrected chi connectivity index (χ2v) is 10.4. The molecule has 1 aliphatic rings. The highest BCUT2D eigenvalue weighted by Gasteiger charge is 2.27. The Bertz CT molecular complexity index is 1270. The lowest BCUT2D eigenvalue weighted by Gasteiger charge is -2.18. The van der Waals surface area contributed by atoms with E-state index in [4.69, 9.17) is 16.6 Å². The number of carbonyl (C=O) groups is 1. The SMILES string of the molecule is CC1CCc2c(sc(NC(=O)/C=C/c3ccccc3Cl)c2-c2nc3ccccc3s2)C1. The van der Waals surface area contributed by atoms with Gasteiger partial charge in [-0.25, -0.2) is 4.98 Å². The number of carbonyl (C=O) groups excluding carboxylic acids is 1. The highest BCUT2D eigenvalue weighted by Crippen LogP contribution is 2.47. The summed E-state index contributed by atoms with van der Waals surface area (Å²) >= 11 is 9.60. The van der Waals surface area contributed by atoms with Crippen LogP contribution >= 0.6 is 34.3 Å². The Balaban J connectivity index is 1.50. The highest BCUT2D eigenvalue weighted by molar-refractivity contribution is 7.23. The van der Waals surface area contributed by atoms with E-state index in [0.29, 0.717) is 10.9 Å². The van der Waals surface area contributed by atoms with Crippen molar-refractivity contribution in [2.24, 2.45) is 5.92 Å². The Hall–Kier alpha value is -2.47. The first-order valence-electron chi connectivity index (χ1n) is 10.3. The lowest BCUT2D eigenvalue weighted by Crippen LogP contribution is -2.09. The van der Waals surface area contributed by atoms with Gasteiger partial charge < -0.3 is 5.32 Å². The van der Waals surface area contributed by atoms with Gasteiger partial charge in [-0.1, -0.05) is 48.9 Å². The fraction of sp³-hybridized carbons (Fsp3) is 0.200. The number of hydrogen-bond donors (Lipinski definition) is 1. The van der Waals surface area contributed by atoms with E-state index in [0.717, 1.165) is 44.2 Å². The predicted molar refractivity (Wildman–Crippen MR) is 133 cm³/mol. The van der Waals surface area contributed by atoms with Gasteiger partial charge in [0.05, 0.1) is 10.2 Å². The Morgan fingerprint density at radius 1 is 1.16 bits per heavy atom. The molecule has 1 unspecified atom stereocenters. The van der Waals surface area contributed by atoms with E-state index < -0.39 is 0 Å². The number of hydrogen-bond acceptors (Lipinski definition) is 4. The van der Waals surface area contributed by atoms with Crippen LogP contribution in [-0.2, 0) is 17.6 Å². The van der Waals surface area contributed by atoms with E-state index in [1.54, 1.807) is 34.8 Å². The third kappa shape index (κ3) is 4.18. The number of anilines is 1. The number of aromatic nitrogens is 1. The Labute approximate surface area is 194 Å². The van der Waals surface area contributed by atoms with Crippen LogP contribution in [0.5, 0.6) is 0 Å². The lowest BCUT2D eigenvalue weighted by molar-refractivity contribution is -0.111. The van der Waals surface area contributed by atoms with Crippen LogP contribution in [0.3, 0.4) is 0 Å². The molecule has 4 aromatic rings. The van der Waals surface area contributed by atoms with Gasteiger partial charge in [0.15, 0.2) is 0 Å². The summed E-state index contributed by atoms with van der Waals surface area (Å²) in [5.41, 5.74) is 4.28. The molecule has 2 aromatic heterocycles. The van der Waals surface area contributed by atoms with Crippen LogP contribution in [0, 0.1) is 5.92 Å². The fourth-order valence-corrected chi connectivity index (χ4v) is 6.70. The molecule has 0 fully saturated rings. The van der Waals surface area contributed by atoms with Crippen LogP contribution in [0.2, 0.25) is 5.02 Å². The van der Waals surface area contributed by atoms with Gasteiger partial charge >= 0.3 is 0 Å². The average Bonchev–Trinajstić information content (AvgIpc) is 3.33. The molecule has 0 bridgehead atoms. The molecule has 156 valence electrons. The molecular formula is C25H21ClN2OS2. The highest BCUT2D eigenvalue weighted by atomic mass is 35.5. The summed E-state index contributed by atoms with van der Waals surface area (Å²) in [4.78, 5) is 19.0. The molecule has 0 saturated heterocycles. The van der Waals surface area contributed by atoms with Gasteiger partial charge in [0, 0.05) is 21.5 Å². The Morgan fingerprint density at radius 2 is 1.97 bits per heavy atom. The maximum absolute atomic E-state index is 12.8. The predicted octanol–water partition coefficient (Wildman–Crippen LogP) is 7.45. The number of benzene rings is 2. The summed E-state index contributed by atoms with van der Waals surface area (Å²) in [6, 6.07) is 15.7. The minimum atomic E-state index is -0.158. The van der Waals surface area contributed by atoms with E-state index in [1.807, 2.05) is 42.5 Å². The molecule has 1 N–H and O–H groups in total. The molecule has 2 aromatic carbocycles. The van der Waals surface area contributed by atoms with Gasteiger partial charge in [-0.15, -0.1) is 22.7 Å². The van der Waals surface area contributed by atoms with Crippen LogP contribution in [-0.4, -0.2) is 10.9 Å². The summed E-state index contributed by atoms with van der Waals surface area (Å²) < 4.78 is 1.16. The van der Waals surface area contributed by atoms with Gasteiger partial charge in [-0.05, 0) is 60.6 Å². The van der Waals surface area contributed by atoms with Crippen LogP contribution in [0.15, 0.2) is 54.6 Å². The van der Waals surface area contributed by atoms with Crippen molar-refractivity contribution >= 4 is 61.5 Å². The van der Waals surface area contributed by atoms with Crippen molar-refractivity contribution in [3.8, 4) is 10.6 Å². The lowest BCUT2D eigenvalue weighted by atomic mass is 9.88. The number of thiophene rings is 1. The van der Waals surface area contributed by atoms with Gasteiger partial charge in [0.1, 0.15) is 10.0 Å². The summed E-state index contributed by atoms with van der Waals surface area (Å²) in [6.45, 7) is 2.30. The molecule has 2 heterocycles. The van der Waals surface area contributed by atoms with Crippen molar-refractivity contribution in [1.82, 2.24) is 4.98 Å². The van der Waals surface area contributed by atoms with Crippen molar-refractivity contribution in [2.75, 3.05) is 5.32 Å². The molecule has 3 nitrogen and oxygen atoms in total. The molecular weight excluding hydrogens is 444 g/mol. The third-order valence-corrected chi connectivity index (χ3v) is 8.14. The number of fused-ring (bicyclic) bond motifs is 2. The van der Waals surface area contributed by atoms with Gasteiger partial charge in [0.2, 0.25) is 5.91 Å². The van der Waals surface area contributed by atoms with Crippen molar-refractivity contribution in [3.63, 3.8) is 0 Å². The zero-order valence-electron chi connectivity index (χ0n) is 17.0. The summed E-state index contributed by atoms with van der Waals surface area (Å²) in [5, 5.41) is 5.64. The van der Waals surface area contributed by atoms with Crippen LogP contribution in [0.4, 0.5) is 5.00 Å². The Kier molecular flexibility index (Phi) is 5.65. The molecule has 1 aliphatic carbocycles. The van der Waals surface area contributed by atoms with Crippen molar-refractivity contribution < 1.29 is 4.79 Å². The smallest absolute Gasteiger partial charge is 0.249 e. The second kappa shape index (κ2) is 8.58. The molecule has 0 saturated carbocycles. The number of thiazole rings is 1. The molecule has 0 aliphatic heterocycles. The molecule has 5 rings (SSSR count). The van der Waals surface area contributed by atoms with Crippen molar-refractivity contribution in [3.05, 3.63) is 75.6 Å². The van der Waals surface area contributed by atoms with Gasteiger partial charge in [-0.3, -0.25) is 4.79 Å². The number of para-hydroxylation sites is 1. The van der Waals surface area contributed by atoms with Crippen LogP contribution < -0.4 is 5.32 Å². The van der Waals surface area contributed by atoms with Crippen LogP contribution in [0.1, 0.15) is 29.3 Å². The van der Waals surface area contributed by atoms with Crippen molar-refractivity contribution in [2.45, 2.75) is 26.2 Å². The first kappa shape index (κ1) is 20.4. The summed E-state index contributed by atoms with van der Waals surface area (Å²) in [6.07, 6.45) is 6.56. The first-order chi connectivity index (χ1) is 15.1. The third-order valence-electron chi connectivity index (χ3n) is 5.58. The normalized spacial score (nSPS) is 16.0. The minimum Gasteiger partial charge on any atom is -0.313 e. The van der Waals surface area contributed by atoms with Crippen molar-refractivity contribution in [1.29, 1.82) is 0 Å². The maximum Gasteiger partial charge on any atom is 0.249 e. The zero-order chi connectivity index (χ0) is 21.4. The number of nitrogens with zero attached hydrogens (tertiary/aromatic N) is 1. The minimum absolute atomic E-state index is 0.158. The number of halogens is 1. The number of amides is 1. The zero-order valence-corrected chi connectivity index (χ0v) is 19.4. The Morgan fingerprint density at radius 3 is 2.81 bits per heavy atom. The molecule has 0 spiro atoms. The van der Waals surface area contributed by atoms with Gasteiger partial charge in [-0.2, -0.15) is 0 Å². The standard InChI is InChI=1S/C25H21ClN2OS2/c1-15-10-12-17-21(14-15)31-25(23(17)24-27-19-8-4-5-9-20(19)30-24)28-22(29)13-11-16-6-2-3-7-18(16)26/h2-9,11,13,15H,10,12,14H2,1H3,(H,28,29)/b13-11+. The monoisotopic (exact) mass is 464 g/mol. The molecule has 6 heteroatoms. The molecule has 31 heavy (non-hydrogen) atoms. The maximum atomic E-state index is 12.8. The summed E-state index contributed by atoms with van der Waals surface area (Å²) in [7, 11) is 0. The molecule has 1 atom stereocenters. The van der Waals surface area contributed by atoms with E-state index in [2.05, 4.69) is 18.3 Å². The number of rotatable bonds is 4. The molecule has 0 radical (unpaired) electrons.